The lowest BCUT2D eigenvalue weighted by Gasteiger charge is -2.23. The summed E-state index contributed by atoms with van der Waals surface area (Å²) in [5.74, 6) is 0.541. The molecule has 0 aliphatic heterocycles. The summed E-state index contributed by atoms with van der Waals surface area (Å²) in [6.07, 6.45) is 0. The van der Waals surface area contributed by atoms with Crippen LogP contribution in [-0.4, -0.2) is 12.8 Å². The van der Waals surface area contributed by atoms with Crippen molar-refractivity contribution in [1.29, 1.82) is 0 Å². The fourth-order valence-corrected chi connectivity index (χ4v) is 2.64. The van der Waals surface area contributed by atoms with E-state index in [-0.39, 0.29) is 0 Å². The lowest BCUT2D eigenvalue weighted by molar-refractivity contribution is 0.846. The van der Waals surface area contributed by atoms with Crippen LogP contribution in [0.4, 0.5) is 0 Å². The first kappa shape index (κ1) is 14.0. The topological polar surface area (TPSA) is 12.4 Å². The van der Waals surface area contributed by atoms with Crippen LogP contribution in [-0.2, 0) is 0 Å². The van der Waals surface area contributed by atoms with Crippen molar-refractivity contribution in [2.24, 2.45) is 4.99 Å². The summed E-state index contributed by atoms with van der Waals surface area (Å²) in [5, 5.41) is 0. The van der Waals surface area contributed by atoms with Crippen molar-refractivity contribution in [3.63, 3.8) is 0 Å². The molecule has 0 aliphatic carbocycles. The standard InChI is InChI=1S/C16H25N/c1-9(2)15-12(5)10(3)11(4)13(6)16(15)14(7)17-8/h9H,1-8H3. The van der Waals surface area contributed by atoms with E-state index in [4.69, 9.17) is 0 Å². The molecule has 0 N–H and O–H groups in total. The number of hydrogen-bond acceptors (Lipinski definition) is 1. The van der Waals surface area contributed by atoms with E-state index in [0.29, 0.717) is 5.92 Å². The summed E-state index contributed by atoms with van der Waals surface area (Å²) in [6.45, 7) is 15.6. The van der Waals surface area contributed by atoms with E-state index in [0.717, 1.165) is 5.71 Å². The molecule has 0 heterocycles. The third-order valence-electron chi connectivity index (χ3n) is 4.01. The number of hydrogen-bond donors (Lipinski definition) is 0. The molecule has 17 heavy (non-hydrogen) atoms. The average Bonchev–Trinajstić information content (AvgIpc) is 2.29. The van der Waals surface area contributed by atoms with Gasteiger partial charge in [0.25, 0.3) is 0 Å². The maximum atomic E-state index is 4.39. The van der Waals surface area contributed by atoms with Crippen LogP contribution in [0.1, 0.15) is 60.1 Å². The van der Waals surface area contributed by atoms with Gasteiger partial charge in [-0.2, -0.15) is 0 Å². The van der Waals surface area contributed by atoms with E-state index in [1.807, 2.05) is 7.05 Å². The van der Waals surface area contributed by atoms with Crippen molar-refractivity contribution >= 4 is 5.71 Å². The Balaban J connectivity index is 3.78. The minimum absolute atomic E-state index is 0.541. The molecule has 0 aliphatic rings. The molecule has 0 bridgehead atoms. The molecule has 0 unspecified atom stereocenters. The Morgan fingerprint density at radius 2 is 1.35 bits per heavy atom. The number of aliphatic imine (C=N–C) groups is 1. The summed E-state index contributed by atoms with van der Waals surface area (Å²) >= 11 is 0. The molecule has 0 atom stereocenters. The third-order valence-corrected chi connectivity index (χ3v) is 4.01. The van der Waals surface area contributed by atoms with Gasteiger partial charge in [-0.05, 0) is 68.4 Å². The molecule has 1 nitrogen and oxygen atoms in total. The van der Waals surface area contributed by atoms with Gasteiger partial charge in [-0.1, -0.05) is 13.8 Å². The zero-order valence-electron chi connectivity index (χ0n) is 12.5. The Morgan fingerprint density at radius 1 is 0.882 bits per heavy atom. The van der Waals surface area contributed by atoms with Gasteiger partial charge >= 0.3 is 0 Å². The highest BCUT2D eigenvalue weighted by Crippen LogP contribution is 2.32. The number of benzene rings is 1. The maximum Gasteiger partial charge on any atom is 0.0391 e. The molecule has 1 rings (SSSR count). The third kappa shape index (κ3) is 2.29. The lowest BCUT2D eigenvalue weighted by atomic mass is 9.82. The van der Waals surface area contributed by atoms with Gasteiger partial charge in [0.05, 0.1) is 0 Å². The van der Waals surface area contributed by atoms with Gasteiger partial charge in [0, 0.05) is 18.3 Å². The van der Waals surface area contributed by atoms with E-state index < -0.39 is 0 Å². The first-order chi connectivity index (χ1) is 7.82. The molecule has 0 fully saturated rings. The average molecular weight is 231 g/mol. The smallest absolute Gasteiger partial charge is 0.0391 e. The minimum atomic E-state index is 0.541. The van der Waals surface area contributed by atoms with Crippen molar-refractivity contribution in [2.75, 3.05) is 7.05 Å². The van der Waals surface area contributed by atoms with Crippen LogP contribution in [0.25, 0.3) is 0 Å². The van der Waals surface area contributed by atoms with Crippen molar-refractivity contribution in [2.45, 2.75) is 54.4 Å². The molecule has 1 aromatic carbocycles. The zero-order valence-corrected chi connectivity index (χ0v) is 12.5. The van der Waals surface area contributed by atoms with Gasteiger partial charge in [-0.15, -0.1) is 0 Å². The van der Waals surface area contributed by atoms with Crippen molar-refractivity contribution in [3.8, 4) is 0 Å². The second kappa shape index (κ2) is 5.03. The zero-order chi connectivity index (χ0) is 13.3. The largest absolute Gasteiger partial charge is 0.293 e. The van der Waals surface area contributed by atoms with Crippen molar-refractivity contribution < 1.29 is 0 Å². The van der Waals surface area contributed by atoms with Crippen LogP contribution in [0.3, 0.4) is 0 Å². The summed E-state index contributed by atoms with van der Waals surface area (Å²) in [6, 6.07) is 0. The van der Waals surface area contributed by atoms with Gasteiger partial charge in [0.2, 0.25) is 0 Å². The highest BCUT2D eigenvalue weighted by atomic mass is 14.7. The molecule has 0 aromatic heterocycles. The second-order valence-corrected chi connectivity index (χ2v) is 5.25. The highest BCUT2D eigenvalue weighted by Gasteiger charge is 2.18. The molecule has 0 saturated heterocycles. The molecular weight excluding hydrogens is 206 g/mol. The highest BCUT2D eigenvalue weighted by molar-refractivity contribution is 6.02. The van der Waals surface area contributed by atoms with Gasteiger partial charge < -0.3 is 0 Å². The van der Waals surface area contributed by atoms with Gasteiger partial charge in [-0.25, -0.2) is 0 Å². The van der Waals surface area contributed by atoms with E-state index >= 15 is 0 Å². The molecular formula is C16H25N. The molecule has 1 aromatic rings. The van der Waals surface area contributed by atoms with Gasteiger partial charge in [0.1, 0.15) is 0 Å². The Bertz CT molecular complexity index is 465. The number of nitrogens with zero attached hydrogens (tertiary/aromatic N) is 1. The van der Waals surface area contributed by atoms with Crippen LogP contribution in [0, 0.1) is 27.7 Å². The Morgan fingerprint density at radius 3 is 1.76 bits per heavy atom. The van der Waals surface area contributed by atoms with E-state index in [1.165, 1.54) is 33.4 Å². The first-order valence-electron chi connectivity index (χ1n) is 6.36. The van der Waals surface area contributed by atoms with E-state index in [9.17, 15) is 0 Å². The molecule has 1 heteroatoms. The van der Waals surface area contributed by atoms with Crippen molar-refractivity contribution in [1.82, 2.24) is 0 Å². The lowest BCUT2D eigenvalue weighted by Crippen LogP contribution is -2.11. The van der Waals surface area contributed by atoms with Crippen LogP contribution < -0.4 is 0 Å². The number of rotatable bonds is 2. The van der Waals surface area contributed by atoms with Crippen molar-refractivity contribution in [3.05, 3.63) is 33.4 Å². The first-order valence-corrected chi connectivity index (χ1v) is 6.36. The normalized spacial score (nSPS) is 12.4. The summed E-state index contributed by atoms with van der Waals surface area (Å²) in [7, 11) is 1.88. The SMILES string of the molecule is CN=C(C)c1c(C)c(C)c(C)c(C)c1C(C)C. The van der Waals surface area contributed by atoms with Crippen LogP contribution in [0.2, 0.25) is 0 Å². The summed E-state index contributed by atoms with van der Waals surface area (Å²) in [4.78, 5) is 4.39. The maximum absolute atomic E-state index is 4.39. The van der Waals surface area contributed by atoms with E-state index in [1.54, 1.807) is 0 Å². The predicted molar refractivity (Wildman–Crippen MR) is 77.6 cm³/mol. The van der Waals surface area contributed by atoms with Crippen LogP contribution in [0.15, 0.2) is 4.99 Å². The monoisotopic (exact) mass is 231 g/mol. The summed E-state index contributed by atoms with van der Waals surface area (Å²) < 4.78 is 0. The van der Waals surface area contributed by atoms with Gasteiger partial charge in [-0.3, -0.25) is 4.99 Å². The van der Waals surface area contributed by atoms with Crippen LogP contribution in [0.5, 0.6) is 0 Å². The molecule has 0 spiro atoms. The molecule has 0 radical (unpaired) electrons. The quantitative estimate of drug-likeness (QED) is 0.665. The fourth-order valence-electron chi connectivity index (χ4n) is 2.64. The second-order valence-electron chi connectivity index (χ2n) is 5.25. The molecule has 0 amide bonds. The predicted octanol–water partition coefficient (Wildman–Crippen LogP) is 4.48. The van der Waals surface area contributed by atoms with Crippen LogP contribution >= 0.6 is 0 Å². The summed E-state index contributed by atoms with van der Waals surface area (Å²) in [5.41, 5.74) is 9.64. The minimum Gasteiger partial charge on any atom is -0.293 e. The molecule has 0 saturated carbocycles. The Kier molecular flexibility index (Phi) is 4.13. The molecule has 94 valence electrons. The van der Waals surface area contributed by atoms with Gasteiger partial charge in [0.15, 0.2) is 0 Å². The Labute approximate surface area is 106 Å². The Hall–Kier alpha value is -1.11. The van der Waals surface area contributed by atoms with E-state index in [2.05, 4.69) is 53.5 Å². The fraction of sp³-hybridized carbons (Fsp3) is 0.562.